The van der Waals surface area contributed by atoms with E-state index in [4.69, 9.17) is 20.4 Å². The molecule has 0 saturated carbocycles. The van der Waals surface area contributed by atoms with Gasteiger partial charge in [0.15, 0.2) is 0 Å². The third-order valence-electron chi connectivity index (χ3n) is 2.76. The molecule has 0 unspecified atom stereocenters. The molecule has 0 radical (unpaired) electrons. The molecule has 33 heavy (non-hydrogen) atoms. The maximum Gasteiger partial charge on any atom is 0.303 e. The van der Waals surface area contributed by atoms with Gasteiger partial charge in [-0.2, -0.15) is 0 Å². The van der Waals surface area contributed by atoms with E-state index in [0.29, 0.717) is 0 Å². The SMILES string of the molecule is CC(=O)CCC(=O)O.CC(=O)CCC(=O)O.CC(=O)CCC(=O)O.CC(=O)CCC(=O)O.[Ti]. The van der Waals surface area contributed by atoms with Crippen LogP contribution < -0.4 is 0 Å². The molecule has 0 spiro atoms. The predicted octanol–water partition coefficient (Wildman–Crippen LogP) is 1.76. The molecule has 188 valence electrons. The van der Waals surface area contributed by atoms with Gasteiger partial charge in [-0.15, -0.1) is 0 Å². The molecule has 0 aromatic rings. The normalized spacial score (nSPS) is 8.36. The van der Waals surface area contributed by atoms with Crippen LogP contribution in [0.25, 0.3) is 0 Å². The molecule has 0 aliphatic heterocycles. The van der Waals surface area contributed by atoms with Crippen LogP contribution in [0, 0.1) is 0 Å². The number of hydrogen-bond acceptors (Lipinski definition) is 8. The summed E-state index contributed by atoms with van der Waals surface area (Å²) in [7, 11) is 0. The summed E-state index contributed by atoms with van der Waals surface area (Å²) in [5.74, 6) is -3.97. The van der Waals surface area contributed by atoms with Gasteiger partial charge in [-0.05, 0) is 27.7 Å². The number of rotatable bonds is 12. The van der Waals surface area contributed by atoms with Gasteiger partial charge in [0.1, 0.15) is 23.1 Å². The Labute approximate surface area is 206 Å². The summed E-state index contributed by atoms with van der Waals surface area (Å²) in [4.78, 5) is 79.3. The minimum atomic E-state index is -0.916. The molecule has 4 N–H and O–H groups in total. The van der Waals surface area contributed by atoms with E-state index >= 15 is 0 Å². The van der Waals surface area contributed by atoms with Crippen LogP contribution in [0.4, 0.5) is 0 Å². The molecule has 0 atom stereocenters. The molecule has 0 fully saturated rings. The molecule has 0 aromatic heterocycles. The molecule has 0 aromatic carbocycles. The van der Waals surface area contributed by atoms with Crippen LogP contribution in [0.1, 0.15) is 79.1 Å². The summed E-state index contributed by atoms with van der Waals surface area (Å²) >= 11 is 0. The van der Waals surface area contributed by atoms with Gasteiger partial charge in [0.25, 0.3) is 0 Å². The minimum Gasteiger partial charge on any atom is -0.481 e. The smallest absolute Gasteiger partial charge is 0.303 e. The van der Waals surface area contributed by atoms with Crippen molar-refractivity contribution in [3.63, 3.8) is 0 Å². The van der Waals surface area contributed by atoms with Crippen molar-refractivity contribution in [2.24, 2.45) is 0 Å². The summed E-state index contributed by atoms with van der Waals surface area (Å²) < 4.78 is 0. The Hall–Kier alpha value is -2.73. The average Bonchev–Trinajstić information content (AvgIpc) is 2.63. The number of carboxylic acids is 4. The van der Waals surface area contributed by atoms with Crippen LogP contribution in [-0.2, 0) is 60.1 Å². The quantitative estimate of drug-likeness (QED) is 0.275. The second-order valence-electron chi connectivity index (χ2n) is 6.38. The van der Waals surface area contributed by atoms with Gasteiger partial charge < -0.3 is 39.6 Å². The average molecular weight is 512 g/mol. The Morgan fingerprint density at radius 2 is 0.485 bits per heavy atom. The molecule has 13 heteroatoms. The fourth-order valence-corrected chi connectivity index (χ4v) is 1.13. The number of aliphatic carboxylic acids is 4. The van der Waals surface area contributed by atoms with Gasteiger partial charge in [-0.25, -0.2) is 0 Å². The second-order valence-corrected chi connectivity index (χ2v) is 6.38. The van der Waals surface area contributed by atoms with Crippen molar-refractivity contribution in [1.29, 1.82) is 0 Å². The van der Waals surface area contributed by atoms with Crippen LogP contribution in [-0.4, -0.2) is 67.4 Å². The maximum absolute atomic E-state index is 10.1. The van der Waals surface area contributed by atoms with Gasteiger partial charge >= 0.3 is 23.9 Å². The summed E-state index contributed by atoms with van der Waals surface area (Å²) in [6.45, 7) is 5.51. The van der Waals surface area contributed by atoms with Crippen molar-refractivity contribution < 1.29 is 80.5 Å². The van der Waals surface area contributed by atoms with E-state index < -0.39 is 23.9 Å². The van der Waals surface area contributed by atoms with E-state index in [2.05, 4.69) is 0 Å². The summed E-state index contributed by atoms with van der Waals surface area (Å²) in [6.07, 6.45) is 0.407. The van der Waals surface area contributed by atoms with E-state index in [1.54, 1.807) is 0 Å². The molecule has 0 saturated heterocycles. The summed E-state index contributed by atoms with van der Waals surface area (Å²) in [5.41, 5.74) is 0. The molecular weight excluding hydrogens is 480 g/mol. The van der Waals surface area contributed by atoms with E-state index in [1.165, 1.54) is 27.7 Å². The Kier molecular flexibility index (Phi) is 33.6. The molecule has 0 amide bonds. The third-order valence-corrected chi connectivity index (χ3v) is 2.76. The van der Waals surface area contributed by atoms with Crippen LogP contribution >= 0.6 is 0 Å². The van der Waals surface area contributed by atoms with Crippen molar-refractivity contribution in [3.8, 4) is 0 Å². The number of Topliss-reactive ketones (excluding diaryl/α,β-unsaturated/α-hetero) is 4. The van der Waals surface area contributed by atoms with Gasteiger partial charge in [0.05, 0.1) is 25.7 Å². The summed E-state index contributed by atoms with van der Waals surface area (Å²) in [5, 5.41) is 32.0. The van der Waals surface area contributed by atoms with Gasteiger partial charge in [0, 0.05) is 47.4 Å². The van der Waals surface area contributed by atoms with Crippen molar-refractivity contribution >= 4 is 47.0 Å². The van der Waals surface area contributed by atoms with Crippen LogP contribution in [0.3, 0.4) is 0 Å². The molecule has 12 nitrogen and oxygen atoms in total. The predicted molar refractivity (Wildman–Crippen MR) is 110 cm³/mol. The van der Waals surface area contributed by atoms with Gasteiger partial charge in [-0.3, -0.25) is 19.2 Å². The number of carbonyl (C=O) groups is 8. The first-order valence-electron chi connectivity index (χ1n) is 9.36. The molecule has 0 aliphatic rings. The number of ketones is 4. The Balaban J connectivity index is -0.000000105. The van der Waals surface area contributed by atoms with Crippen molar-refractivity contribution in [3.05, 3.63) is 0 Å². The van der Waals surface area contributed by atoms with Crippen LogP contribution in [0.5, 0.6) is 0 Å². The molecule has 0 heterocycles. The van der Waals surface area contributed by atoms with Crippen LogP contribution in [0.15, 0.2) is 0 Å². The number of hydrogen-bond donors (Lipinski definition) is 4. The first-order chi connectivity index (χ1) is 14.5. The minimum absolute atomic E-state index is 0. The Morgan fingerprint density at radius 3 is 0.515 bits per heavy atom. The van der Waals surface area contributed by atoms with Gasteiger partial charge in [-0.1, -0.05) is 0 Å². The molecular formula is C20H32O12Ti. The standard InChI is InChI=1S/4C5H8O3.Ti/c4*1-4(6)2-3-5(7)8;/h4*2-3H2,1H3,(H,7,8);. The van der Waals surface area contributed by atoms with Crippen LogP contribution in [0.2, 0.25) is 0 Å². The van der Waals surface area contributed by atoms with Crippen molar-refractivity contribution in [1.82, 2.24) is 0 Å². The van der Waals surface area contributed by atoms with Crippen molar-refractivity contribution in [2.45, 2.75) is 79.1 Å². The Morgan fingerprint density at radius 1 is 0.364 bits per heavy atom. The zero-order valence-corrected chi connectivity index (χ0v) is 20.8. The van der Waals surface area contributed by atoms with E-state index in [1.807, 2.05) is 0 Å². The van der Waals surface area contributed by atoms with E-state index in [9.17, 15) is 38.4 Å². The fourth-order valence-electron chi connectivity index (χ4n) is 1.13. The second kappa shape index (κ2) is 27.3. The number of carboxylic acid groups (broad SMARTS) is 4. The van der Waals surface area contributed by atoms with Crippen molar-refractivity contribution in [2.75, 3.05) is 0 Å². The third kappa shape index (κ3) is 73.0. The molecule has 0 rings (SSSR count). The molecule has 0 aliphatic carbocycles. The fraction of sp³-hybridized carbons (Fsp3) is 0.600. The first-order valence-corrected chi connectivity index (χ1v) is 9.36. The first kappa shape index (κ1) is 40.6. The maximum atomic E-state index is 10.1. The monoisotopic (exact) mass is 512 g/mol. The zero-order valence-electron chi connectivity index (χ0n) is 19.2. The largest absolute Gasteiger partial charge is 0.481 e. The summed E-state index contributed by atoms with van der Waals surface area (Å²) in [6, 6.07) is 0. The van der Waals surface area contributed by atoms with Gasteiger partial charge in [0.2, 0.25) is 0 Å². The topological polar surface area (TPSA) is 217 Å². The Bertz CT molecular complexity index is 487. The van der Waals surface area contributed by atoms with E-state index in [0.717, 1.165) is 0 Å². The van der Waals surface area contributed by atoms with E-state index in [-0.39, 0.29) is 96.2 Å². The number of carbonyl (C=O) groups excluding carboxylic acids is 4. The zero-order chi connectivity index (χ0) is 26.3. The molecule has 0 bridgehead atoms.